The van der Waals surface area contributed by atoms with Crippen LogP contribution in [0.25, 0.3) is 0 Å². The Kier molecular flexibility index (Phi) is 5.48. The third-order valence-corrected chi connectivity index (χ3v) is 6.55. The van der Waals surface area contributed by atoms with E-state index in [2.05, 4.69) is 0 Å². The maximum atomic E-state index is 11.4. The molecule has 1 fully saturated rings. The first-order chi connectivity index (χ1) is 5.71. The Morgan fingerprint density at radius 1 is 1.17 bits per heavy atom. The monoisotopic (exact) mass is 246 g/mol. The molecule has 0 aromatic heterocycles. The molecule has 1 heterocycles. The molecule has 0 amide bonds. The van der Waals surface area contributed by atoms with E-state index in [9.17, 15) is 4.57 Å². The Balaban J connectivity index is 2.32. The van der Waals surface area contributed by atoms with E-state index in [0.29, 0.717) is 13.2 Å². The molecular formula is C5H11O3PS3. The van der Waals surface area contributed by atoms with Gasteiger partial charge in [-0.3, -0.25) is 4.57 Å². The Morgan fingerprint density at radius 3 is 2.17 bits per heavy atom. The van der Waals surface area contributed by atoms with Crippen molar-refractivity contribution in [2.24, 2.45) is 0 Å². The largest absolute Gasteiger partial charge is 0.327 e. The van der Waals surface area contributed by atoms with Gasteiger partial charge in [0.25, 0.3) is 0 Å². The van der Waals surface area contributed by atoms with Crippen molar-refractivity contribution < 1.29 is 13.6 Å². The van der Waals surface area contributed by atoms with Crippen molar-refractivity contribution in [2.75, 3.05) is 31.4 Å². The molecule has 0 aliphatic carbocycles. The molecule has 7 heteroatoms. The molecule has 72 valence electrons. The minimum Gasteiger partial charge on any atom is -0.308 e. The minimum atomic E-state index is -2.74. The van der Waals surface area contributed by atoms with E-state index in [0.717, 1.165) is 11.5 Å². The van der Waals surface area contributed by atoms with Gasteiger partial charge in [0, 0.05) is 18.2 Å². The van der Waals surface area contributed by atoms with E-state index in [-0.39, 0.29) is 0 Å². The van der Waals surface area contributed by atoms with Crippen molar-refractivity contribution in [3.05, 3.63) is 0 Å². The molecule has 0 N–H and O–H groups in total. The predicted molar refractivity (Wildman–Crippen MR) is 57.9 cm³/mol. The highest BCUT2D eigenvalue weighted by atomic mass is 33.5. The Labute approximate surface area is 84.1 Å². The zero-order valence-corrected chi connectivity index (χ0v) is 10.1. The Bertz CT molecular complexity index is 163. The summed E-state index contributed by atoms with van der Waals surface area (Å²) >= 11 is 0. The predicted octanol–water partition coefficient (Wildman–Crippen LogP) is 2.89. The van der Waals surface area contributed by atoms with Crippen LogP contribution in [0.1, 0.15) is 0 Å². The van der Waals surface area contributed by atoms with Gasteiger partial charge in [-0.15, -0.1) is 0 Å². The van der Waals surface area contributed by atoms with Crippen LogP contribution in [-0.2, 0) is 13.6 Å². The average Bonchev–Trinajstić information content (AvgIpc) is 2.02. The van der Waals surface area contributed by atoms with Crippen LogP contribution in [0.4, 0.5) is 0 Å². The fourth-order valence-electron chi connectivity index (χ4n) is 0.614. The summed E-state index contributed by atoms with van der Waals surface area (Å²) in [4.78, 5) is 0. The Hall–Kier alpha value is 1.20. The van der Waals surface area contributed by atoms with Crippen LogP contribution in [-0.4, -0.2) is 31.4 Å². The molecule has 0 radical (unpaired) electrons. The number of hydrogen-bond acceptors (Lipinski definition) is 6. The summed E-state index contributed by atoms with van der Waals surface area (Å²) in [5.41, 5.74) is 0. The summed E-state index contributed by atoms with van der Waals surface area (Å²) in [5, 5.41) is 0. The first-order valence-corrected chi connectivity index (χ1v) is 9.29. The highest BCUT2D eigenvalue weighted by Gasteiger charge is 2.17. The van der Waals surface area contributed by atoms with E-state index in [1.165, 1.54) is 6.66 Å². The maximum Gasteiger partial charge on any atom is 0.327 e. The quantitative estimate of drug-likeness (QED) is 0.483. The van der Waals surface area contributed by atoms with Crippen molar-refractivity contribution in [1.29, 1.82) is 0 Å². The third-order valence-electron chi connectivity index (χ3n) is 1.08. The topological polar surface area (TPSA) is 35.5 Å². The van der Waals surface area contributed by atoms with E-state index >= 15 is 0 Å². The summed E-state index contributed by atoms with van der Waals surface area (Å²) < 4.78 is 21.6. The summed E-state index contributed by atoms with van der Waals surface area (Å²) in [7, 11) is 2.46. The lowest BCUT2D eigenvalue weighted by Crippen LogP contribution is -2.01. The molecule has 0 aromatic carbocycles. The van der Waals surface area contributed by atoms with Crippen LogP contribution in [0.2, 0.25) is 0 Å². The number of hydrogen-bond donors (Lipinski definition) is 0. The Morgan fingerprint density at radius 2 is 1.67 bits per heavy atom. The molecule has 0 atom stereocenters. The van der Waals surface area contributed by atoms with Crippen molar-refractivity contribution in [2.45, 2.75) is 0 Å². The normalized spacial score (nSPS) is 26.4. The minimum absolute atomic E-state index is 0.506. The zero-order chi connectivity index (χ0) is 8.86. The second-order valence-corrected chi connectivity index (χ2v) is 8.68. The second kappa shape index (κ2) is 5.83. The summed E-state index contributed by atoms with van der Waals surface area (Å²) in [5.74, 6) is 1.72. The molecule has 0 aromatic rings. The number of rotatable bonds is 0. The van der Waals surface area contributed by atoms with Crippen LogP contribution >= 0.6 is 39.0 Å². The van der Waals surface area contributed by atoms with Crippen LogP contribution in [0.15, 0.2) is 0 Å². The van der Waals surface area contributed by atoms with Gasteiger partial charge < -0.3 is 9.05 Å². The zero-order valence-electron chi connectivity index (χ0n) is 6.73. The van der Waals surface area contributed by atoms with Crippen molar-refractivity contribution >= 4 is 39.0 Å². The average molecular weight is 246 g/mol. The lowest BCUT2D eigenvalue weighted by Gasteiger charge is -2.15. The fourth-order valence-corrected chi connectivity index (χ4v) is 5.15. The SMILES string of the molecule is CP1(=O)OCCSSSCCO1. The first kappa shape index (κ1) is 11.3. The van der Waals surface area contributed by atoms with Crippen LogP contribution in [0, 0.1) is 0 Å². The highest BCUT2D eigenvalue weighted by Crippen LogP contribution is 2.46. The van der Waals surface area contributed by atoms with E-state index in [4.69, 9.17) is 9.05 Å². The standard InChI is InChI=1S/C5H11O3PS3/c1-9(6)7-2-4-10-12-11-5-3-8-9/h2-5H2,1H3. The van der Waals surface area contributed by atoms with Crippen LogP contribution in [0.3, 0.4) is 0 Å². The van der Waals surface area contributed by atoms with E-state index < -0.39 is 7.60 Å². The van der Waals surface area contributed by atoms with Gasteiger partial charge in [-0.2, -0.15) is 0 Å². The smallest absolute Gasteiger partial charge is 0.308 e. The lowest BCUT2D eigenvalue weighted by atomic mass is 10.9. The van der Waals surface area contributed by atoms with Crippen molar-refractivity contribution in [3.63, 3.8) is 0 Å². The maximum absolute atomic E-state index is 11.4. The van der Waals surface area contributed by atoms with E-state index in [1.54, 1.807) is 31.4 Å². The van der Waals surface area contributed by atoms with Crippen molar-refractivity contribution in [3.8, 4) is 0 Å². The van der Waals surface area contributed by atoms with Crippen LogP contribution in [0.5, 0.6) is 0 Å². The molecule has 3 nitrogen and oxygen atoms in total. The molecule has 0 bridgehead atoms. The van der Waals surface area contributed by atoms with Crippen molar-refractivity contribution in [1.82, 2.24) is 0 Å². The van der Waals surface area contributed by atoms with Gasteiger partial charge in [0.05, 0.1) is 13.2 Å². The van der Waals surface area contributed by atoms with Gasteiger partial charge in [0.15, 0.2) is 0 Å². The van der Waals surface area contributed by atoms with E-state index in [1.807, 2.05) is 0 Å². The summed E-state index contributed by atoms with van der Waals surface area (Å²) in [6.07, 6.45) is 0. The highest BCUT2D eigenvalue weighted by molar-refractivity contribution is 9.09. The molecular weight excluding hydrogens is 235 g/mol. The molecule has 0 unspecified atom stereocenters. The summed E-state index contributed by atoms with van der Waals surface area (Å²) in [6, 6.07) is 0. The molecule has 0 spiro atoms. The van der Waals surface area contributed by atoms with Gasteiger partial charge in [-0.25, -0.2) is 0 Å². The van der Waals surface area contributed by atoms with Gasteiger partial charge in [-0.05, 0) is 9.83 Å². The van der Waals surface area contributed by atoms with Gasteiger partial charge in [0.1, 0.15) is 0 Å². The van der Waals surface area contributed by atoms with Crippen LogP contribution < -0.4 is 0 Å². The first-order valence-electron chi connectivity index (χ1n) is 3.48. The molecule has 0 saturated carbocycles. The lowest BCUT2D eigenvalue weighted by molar-refractivity contribution is 0.228. The molecule has 1 saturated heterocycles. The molecule has 1 aliphatic rings. The van der Waals surface area contributed by atoms with Gasteiger partial charge in [-0.1, -0.05) is 21.6 Å². The second-order valence-electron chi connectivity index (χ2n) is 2.15. The van der Waals surface area contributed by atoms with Gasteiger partial charge in [0.2, 0.25) is 0 Å². The summed E-state index contributed by atoms with van der Waals surface area (Å²) in [6.45, 7) is 2.54. The molecule has 1 rings (SSSR count). The third kappa shape index (κ3) is 5.04. The molecule has 1 aliphatic heterocycles. The fraction of sp³-hybridized carbons (Fsp3) is 1.00. The van der Waals surface area contributed by atoms with Gasteiger partial charge >= 0.3 is 7.60 Å². The molecule has 12 heavy (non-hydrogen) atoms.